The minimum atomic E-state index is -2.03. The van der Waals surface area contributed by atoms with Crippen molar-refractivity contribution in [1.29, 1.82) is 0 Å². The second-order valence-electron chi connectivity index (χ2n) is 3.50. The monoisotopic (exact) mass is 229 g/mol. The van der Waals surface area contributed by atoms with Crippen molar-refractivity contribution in [3.63, 3.8) is 0 Å². The Hall–Kier alpha value is -1.27. The first-order chi connectivity index (χ1) is 6.85. The van der Waals surface area contributed by atoms with E-state index in [2.05, 4.69) is 4.98 Å². The van der Waals surface area contributed by atoms with E-state index >= 15 is 0 Å². The molecule has 82 valence electrons. The maximum absolute atomic E-state index is 11.0. The zero-order valence-electron chi connectivity index (χ0n) is 8.30. The molecule has 0 fully saturated rings. The largest absolute Gasteiger partial charge is 0.477 e. The summed E-state index contributed by atoms with van der Waals surface area (Å²) in [6, 6.07) is 2.80. The highest BCUT2D eigenvalue weighted by molar-refractivity contribution is 7.80. The number of hydrogen-bond donors (Lipinski definition) is 2. The molecule has 1 atom stereocenters. The molecule has 15 heavy (non-hydrogen) atoms. The number of aromatic carboxylic acids is 1. The van der Waals surface area contributed by atoms with Crippen LogP contribution in [-0.2, 0) is 15.8 Å². The Kier molecular flexibility index (Phi) is 3.21. The molecule has 0 saturated heterocycles. The normalized spacial score (nSPS) is 13.5. The lowest BCUT2D eigenvalue weighted by Gasteiger charge is -2.19. The van der Waals surface area contributed by atoms with Crippen LogP contribution >= 0.6 is 0 Å². The Labute approximate surface area is 89.4 Å². The van der Waals surface area contributed by atoms with Crippen LogP contribution in [0.5, 0.6) is 0 Å². The van der Waals surface area contributed by atoms with Crippen molar-refractivity contribution in [3.05, 3.63) is 29.6 Å². The summed E-state index contributed by atoms with van der Waals surface area (Å²) in [5.41, 5.74) is 0.437. The minimum Gasteiger partial charge on any atom is -0.477 e. The van der Waals surface area contributed by atoms with Gasteiger partial charge in [-0.15, -0.1) is 0 Å². The topological polar surface area (TPSA) is 87.5 Å². The van der Waals surface area contributed by atoms with Crippen LogP contribution in [0, 0.1) is 0 Å². The van der Waals surface area contributed by atoms with Gasteiger partial charge in [-0.25, -0.2) is 14.0 Å². The van der Waals surface area contributed by atoms with Crippen molar-refractivity contribution < 1.29 is 18.7 Å². The molecule has 1 rings (SSSR count). The number of carbonyl (C=O) groups is 1. The Bertz CT molecular complexity index is 399. The van der Waals surface area contributed by atoms with Crippen molar-refractivity contribution in [2.24, 2.45) is 0 Å². The van der Waals surface area contributed by atoms with E-state index in [0.29, 0.717) is 5.56 Å². The maximum Gasteiger partial charge on any atom is 0.354 e. The summed E-state index contributed by atoms with van der Waals surface area (Å²) in [5, 5.41) is 8.62. The molecule has 2 N–H and O–H groups in total. The molecule has 0 bridgehead atoms. The fourth-order valence-electron chi connectivity index (χ4n) is 0.977. The third-order valence-electron chi connectivity index (χ3n) is 2.11. The Morgan fingerprint density at radius 2 is 2.07 bits per heavy atom. The zero-order valence-corrected chi connectivity index (χ0v) is 9.11. The SMILES string of the molecule is CC(C)(c1ccc(C(=O)O)nc1)S(=O)O. The van der Waals surface area contributed by atoms with Gasteiger partial charge in [0, 0.05) is 6.20 Å². The third kappa shape index (κ3) is 2.40. The lowest BCUT2D eigenvalue weighted by molar-refractivity contribution is 0.0690. The van der Waals surface area contributed by atoms with E-state index in [4.69, 9.17) is 9.66 Å². The van der Waals surface area contributed by atoms with E-state index in [1.807, 2.05) is 0 Å². The zero-order chi connectivity index (χ0) is 11.6. The summed E-state index contributed by atoms with van der Waals surface area (Å²) in [5.74, 6) is -1.12. The number of carboxylic acids is 1. The molecule has 0 aliphatic heterocycles. The lowest BCUT2D eigenvalue weighted by atomic mass is 10.0. The Balaban J connectivity index is 3.09. The molecule has 1 heterocycles. The van der Waals surface area contributed by atoms with Crippen LogP contribution in [0.25, 0.3) is 0 Å². The Morgan fingerprint density at radius 1 is 1.47 bits per heavy atom. The number of hydrogen-bond acceptors (Lipinski definition) is 3. The molecular formula is C9H11NO4S. The first kappa shape index (κ1) is 11.8. The van der Waals surface area contributed by atoms with Gasteiger partial charge in [0.05, 0.1) is 4.75 Å². The molecule has 0 radical (unpaired) electrons. The second-order valence-corrected chi connectivity index (χ2v) is 5.02. The van der Waals surface area contributed by atoms with E-state index in [0.717, 1.165) is 0 Å². The van der Waals surface area contributed by atoms with Gasteiger partial charge in [-0.05, 0) is 25.5 Å². The highest BCUT2D eigenvalue weighted by Gasteiger charge is 2.27. The van der Waals surface area contributed by atoms with E-state index in [1.165, 1.54) is 18.3 Å². The molecule has 0 aliphatic carbocycles. The number of carboxylic acid groups (broad SMARTS) is 1. The summed E-state index contributed by atoms with van der Waals surface area (Å²) in [6.07, 6.45) is 1.30. The molecule has 0 aliphatic rings. The van der Waals surface area contributed by atoms with Gasteiger partial charge in [-0.1, -0.05) is 6.07 Å². The van der Waals surface area contributed by atoms with Crippen LogP contribution < -0.4 is 0 Å². The van der Waals surface area contributed by atoms with Gasteiger partial charge in [0.25, 0.3) is 0 Å². The van der Waals surface area contributed by atoms with E-state index < -0.39 is 21.8 Å². The van der Waals surface area contributed by atoms with Crippen LogP contribution in [0.3, 0.4) is 0 Å². The van der Waals surface area contributed by atoms with Crippen molar-refractivity contribution in [3.8, 4) is 0 Å². The predicted octanol–water partition coefficient (Wildman–Crippen LogP) is 1.24. The lowest BCUT2D eigenvalue weighted by Crippen LogP contribution is -2.23. The fraction of sp³-hybridized carbons (Fsp3) is 0.333. The van der Waals surface area contributed by atoms with Crippen molar-refractivity contribution >= 4 is 17.0 Å². The van der Waals surface area contributed by atoms with E-state index in [9.17, 15) is 9.00 Å². The van der Waals surface area contributed by atoms with Gasteiger partial charge < -0.3 is 9.66 Å². The average Bonchev–Trinajstić information content (AvgIpc) is 2.17. The van der Waals surface area contributed by atoms with E-state index in [-0.39, 0.29) is 5.69 Å². The molecule has 1 aromatic rings. The third-order valence-corrected chi connectivity index (χ3v) is 3.22. The molecule has 5 nitrogen and oxygen atoms in total. The van der Waals surface area contributed by atoms with Gasteiger partial charge in [0.15, 0.2) is 11.1 Å². The highest BCUT2D eigenvalue weighted by Crippen LogP contribution is 2.25. The van der Waals surface area contributed by atoms with Gasteiger partial charge in [-0.2, -0.15) is 0 Å². The molecule has 0 spiro atoms. The predicted molar refractivity (Wildman–Crippen MR) is 55.0 cm³/mol. The summed E-state index contributed by atoms with van der Waals surface area (Å²) in [4.78, 5) is 14.2. The fourth-order valence-corrected chi connectivity index (χ4v) is 1.30. The van der Waals surface area contributed by atoms with Gasteiger partial charge in [0.2, 0.25) is 0 Å². The summed E-state index contributed by atoms with van der Waals surface area (Å²) >= 11 is -2.03. The first-order valence-electron chi connectivity index (χ1n) is 4.16. The molecule has 0 saturated carbocycles. The summed E-state index contributed by atoms with van der Waals surface area (Å²) < 4.78 is 19.1. The smallest absolute Gasteiger partial charge is 0.354 e. The van der Waals surface area contributed by atoms with E-state index in [1.54, 1.807) is 13.8 Å². The molecule has 0 aromatic carbocycles. The van der Waals surface area contributed by atoms with Gasteiger partial charge in [-0.3, -0.25) is 0 Å². The molecule has 1 aromatic heterocycles. The van der Waals surface area contributed by atoms with Gasteiger partial charge in [0.1, 0.15) is 5.69 Å². The van der Waals surface area contributed by atoms with Crippen molar-refractivity contribution in [2.75, 3.05) is 0 Å². The summed E-state index contributed by atoms with van der Waals surface area (Å²) in [7, 11) is 0. The van der Waals surface area contributed by atoms with Crippen LogP contribution in [0.15, 0.2) is 18.3 Å². The average molecular weight is 229 g/mol. The number of aromatic nitrogens is 1. The Morgan fingerprint density at radius 3 is 2.40 bits per heavy atom. The highest BCUT2D eigenvalue weighted by atomic mass is 32.2. The van der Waals surface area contributed by atoms with Crippen molar-refractivity contribution in [2.45, 2.75) is 18.6 Å². The number of pyridine rings is 1. The second kappa shape index (κ2) is 4.08. The van der Waals surface area contributed by atoms with Crippen molar-refractivity contribution in [1.82, 2.24) is 4.98 Å². The van der Waals surface area contributed by atoms with Crippen LogP contribution in [0.4, 0.5) is 0 Å². The maximum atomic E-state index is 11.0. The number of nitrogens with zero attached hydrogens (tertiary/aromatic N) is 1. The molecule has 0 amide bonds. The van der Waals surface area contributed by atoms with Gasteiger partial charge >= 0.3 is 5.97 Å². The van der Waals surface area contributed by atoms with Crippen LogP contribution in [0.1, 0.15) is 29.9 Å². The van der Waals surface area contributed by atoms with Crippen LogP contribution in [-0.4, -0.2) is 24.8 Å². The molecular weight excluding hydrogens is 218 g/mol. The summed E-state index contributed by atoms with van der Waals surface area (Å²) in [6.45, 7) is 3.17. The minimum absolute atomic E-state index is 0.0849. The quantitative estimate of drug-likeness (QED) is 0.761. The molecule has 6 heteroatoms. The van der Waals surface area contributed by atoms with Crippen LogP contribution in [0.2, 0.25) is 0 Å². The standard InChI is InChI=1S/C9H11NO4S/c1-9(2,15(13)14)6-3-4-7(8(11)12)10-5-6/h3-5H,1-2H3,(H,11,12)(H,13,14). The first-order valence-corrected chi connectivity index (χ1v) is 5.27. The number of rotatable bonds is 3. The molecule has 1 unspecified atom stereocenters.